The van der Waals surface area contributed by atoms with Crippen LogP contribution in [0.4, 0.5) is 0 Å². The Labute approximate surface area is 279 Å². The fraction of sp³-hybridized carbons (Fsp3) is 0.837. The van der Waals surface area contributed by atoms with E-state index >= 15 is 0 Å². The van der Waals surface area contributed by atoms with Crippen molar-refractivity contribution in [3.8, 4) is 0 Å². The van der Waals surface area contributed by atoms with Gasteiger partial charge >= 0.3 is 5.97 Å². The Morgan fingerprint density at radius 2 is 1.67 bits per heavy atom. The third kappa shape index (κ3) is 8.99. The highest BCUT2D eigenvalue weighted by molar-refractivity contribution is 5.69. The molecular formula is C43H72O2. The number of ether oxygens (including phenoxy) is 1. The first-order chi connectivity index (χ1) is 21.6. The molecule has 0 N–H and O–H groups in total. The van der Waals surface area contributed by atoms with E-state index in [9.17, 15) is 4.79 Å². The molecule has 2 heteroatoms. The number of allylic oxidation sites excluding steroid dienone is 5. The summed E-state index contributed by atoms with van der Waals surface area (Å²) in [6.07, 6.45) is 34.7. The molecule has 0 bridgehead atoms. The first kappa shape index (κ1) is 36.5. The second-order valence-electron chi connectivity index (χ2n) is 16.9. The summed E-state index contributed by atoms with van der Waals surface area (Å²) in [5, 5.41) is 0. The molecule has 0 aliphatic heterocycles. The minimum Gasteiger partial charge on any atom is -0.462 e. The van der Waals surface area contributed by atoms with Gasteiger partial charge in [-0.1, -0.05) is 110 Å². The molecule has 4 aliphatic rings. The van der Waals surface area contributed by atoms with Crippen LogP contribution in [0.2, 0.25) is 0 Å². The van der Waals surface area contributed by atoms with Gasteiger partial charge in [-0.25, -0.2) is 0 Å². The second-order valence-corrected chi connectivity index (χ2v) is 16.9. The van der Waals surface area contributed by atoms with Crippen molar-refractivity contribution in [1.29, 1.82) is 0 Å². The molecule has 0 heterocycles. The van der Waals surface area contributed by atoms with E-state index in [1.165, 1.54) is 77.0 Å². The molecule has 45 heavy (non-hydrogen) atoms. The van der Waals surface area contributed by atoms with Crippen molar-refractivity contribution in [3.63, 3.8) is 0 Å². The van der Waals surface area contributed by atoms with E-state index in [1.54, 1.807) is 5.57 Å². The zero-order chi connectivity index (χ0) is 32.5. The van der Waals surface area contributed by atoms with Gasteiger partial charge in [0.15, 0.2) is 0 Å². The van der Waals surface area contributed by atoms with Crippen molar-refractivity contribution in [2.75, 3.05) is 0 Å². The van der Waals surface area contributed by atoms with Crippen LogP contribution < -0.4 is 0 Å². The summed E-state index contributed by atoms with van der Waals surface area (Å²) in [5.74, 6) is 6.10. The Morgan fingerprint density at radius 3 is 2.38 bits per heavy atom. The van der Waals surface area contributed by atoms with E-state index in [2.05, 4.69) is 78.8 Å². The standard InChI is InChI=1S/C43H72O2/c1-8-10-11-12-13-14-15-16-17-18-19-20-41(44)45-36-27-29-42(6)35(31-36)23-24-37-39-26-25-38(43(39,7)30-28-40(37)42)33(5)21-22-34(9-2)32(3)4/h12-13,15-16,23,32-34,36-40H,8-11,14,17-22,24-31H2,1-7H3/b13-12-,16-15-. The molecule has 0 spiro atoms. The molecule has 0 amide bonds. The molecule has 0 saturated heterocycles. The lowest BCUT2D eigenvalue weighted by Gasteiger charge is -2.58. The van der Waals surface area contributed by atoms with Crippen molar-refractivity contribution in [3.05, 3.63) is 36.0 Å². The lowest BCUT2D eigenvalue weighted by atomic mass is 9.47. The molecule has 0 aromatic carbocycles. The predicted molar refractivity (Wildman–Crippen MR) is 193 cm³/mol. The fourth-order valence-corrected chi connectivity index (χ4v) is 11.0. The van der Waals surface area contributed by atoms with Gasteiger partial charge in [0.2, 0.25) is 0 Å². The highest BCUT2D eigenvalue weighted by Crippen LogP contribution is 2.67. The van der Waals surface area contributed by atoms with Gasteiger partial charge in [0.05, 0.1) is 0 Å². The molecule has 256 valence electrons. The number of hydrogen-bond donors (Lipinski definition) is 0. The smallest absolute Gasteiger partial charge is 0.306 e. The maximum Gasteiger partial charge on any atom is 0.306 e. The fourth-order valence-electron chi connectivity index (χ4n) is 11.0. The largest absolute Gasteiger partial charge is 0.462 e. The van der Waals surface area contributed by atoms with E-state index < -0.39 is 0 Å². The zero-order valence-corrected chi connectivity index (χ0v) is 30.8. The predicted octanol–water partition coefficient (Wildman–Crippen LogP) is 12.8. The summed E-state index contributed by atoms with van der Waals surface area (Å²) < 4.78 is 6.09. The SMILES string of the molecule is CCCC/C=C\C/C=C\CCCCC(=O)OC1CCC2(C)C(=CCC3C2CCC2(C)C(C(C)CCC(CC)C(C)C)CCC32)C1. The third-order valence-electron chi connectivity index (χ3n) is 13.9. The number of carbonyl (C=O) groups is 1. The summed E-state index contributed by atoms with van der Waals surface area (Å²) in [7, 11) is 0. The third-order valence-corrected chi connectivity index (χ3v) is 13.9. The van der Waals surface area contributed by atoms with Crippen molar-refractivity contribution >= 4 is 5.97 Å². The number of unbranched alkanes of at least 4 members (excludes halogenated alkanes) is 4. The van der Waals surface area contributed by atoms with Crippen LogP contribution >= 0.6 is 0 Å². The quantitative estimate of drug-likeness (QED) is 0.0918. The van der Waals surface area contributed by atoms with Crippen molar-refractivity contribution < 1.29 is 9.53 Å². The van der Waals surface area contributed by atoms with Crippen molar-refractivity contribution in [2.45, 2.75) is 177 Å². The number of carbonyl (C=O) groups excluding carboxylic acids is 1. The maximum atomic E-state index is 12.8. The van der Waals surface area contributed by atoms with Crippen LogP contribution in [0.25, 0.3) is 0 Å². The van der Waals surface area contributed by atoms with Gasteiger partial charge < -0.3 is 4.74 Å². The minimum atomic E-state index is 0.0268. The lowest BCUT2D eigenvalue weighted by Crippen LogP contribution is -2.51. The summed E-state index contributed by atoms with van der Waals surface area (Å²) in [6.45, 7) is 17.4. The zero-order valence-electron chi connectivity index (χ0n) is 30.8. The Balaban J connectivity index is 1.23. The molecule has 0 aromatic rings. The molecule has 3 saturated carbocycles. The average Bonchev–Trinajstić information content (AvgIpc) is 3.37. The van der Waals surface area contributed by atoms with E-state index in [0.717, 1.165) is 80.0 Å². The average molecular weight is 621 g/mol. The number of hydrogen-bond acceptors (Lipinski definition) is 2. The highest BCUT2D eigenvalue weighted by Gasteiger charge is 2.59. The minimum absolute atomic E-state index is 0.0268. The van der Waals surface area contributed by atoms with Gasteiger partial charge in [0, 0.05) is 12.8 Å². The number of rotatable bonds is 17. The summed E-state index contributed by atoms with van der Waals surface area (Å²) in [6, 6.07) is 0. The van der Waals surface area contributed by atoms with Gasteiger partial charge in [-0.3, -0.25) is 4.79 Å². The van der Waals surface area contributed by atoms with Gasteiger partial charge in [-0.05, 0) is 136 Å². The van der Waals surface area contributed by atoms with Crippen LogP contribution in [0, 0.1) is 52.3 Å². The first-order valence-electron chi connectivity index (χ1n) is 19.8. The molecular weight excluding hydrogens is 548 g/mol. The van der Waals surface area contributed by atoms with Crippen LogP contribution in [-0.4, -0.2) is 12.1 Å². The number of fused-ring (bicyclic) bond motifs is 5. The molecule has 0 aromatic heterocycles. The van der Waals surface area contributed by atoms with Gasteiger partial charge in [0.1, 0.15) is 6.10 Å². The van der Waals surface area contributed by atoms with Crippen LogP contribution in [-0.2, 0) is 9.53 Å². The Hall–Kier alpha value is -1.31. The molecule has 2 nitrogen and oxygen atoms in total. The van der Waals surface area contributed by atoms with E-state index in [4.69, 9.17) is 4.74 Å². The lowest BCUT2D eigenvalue weighted by molar-refractivity contribution is -0.151. The van der Waals surface area contributed by atoms with Crippen molar-refractivity contribution in [1.82, 2.24) is 0 Å². The van der Waals surface area contributed by atoms with E-state index in [-0.39, 0.29) is 12.1 Å². The van der Waals surface area contributed by atoms with Gasteiger partial charge in [-0.2, -0.15) is 0 Å². The summed E-state index contributed by atoms with van der Waals surface area (Å²) in [5.41, 5.74) is 2.49. The molecule has 9 atom stereocenters. The van der Waals surface area contributed by atoms with Crippen LogP contribution in [0.5, 0.6) is 0 Å². The van der Waals surface area contributed by atoms with Crippen LogP contribution in [0.3, 0.4) is 0 Å². The topological polar surface area (TPSA) is 26.3 Å². The van der Waals surface area contributed by atoms with Crippen LogP contribution in [0.1, 0.15) is 170 Å². The molecule has 0 radical (unpaired) electrons. The Bertz CT molecular complexity index is 1000. The highest BCUT2D eigenvalue weighted by atomic mass is 16.5. The maximum absolute atomic E-state index is 12.8. The van der Waals surface area contributed by atoms with Gasteiger partial charge in [-0.15, -0.1) is 0 Å². The van der Waals surface area contributed by atoms with Crippen molar-refractivity contribution in [2.24, 2.45) is 52.3 Å². The monoisotopic (exact) mass is 621 g/mol. The Morgan fingerprint density at radius 1 is 0.911 bits per heavy atom. The second kappa shape index (κ2) is 17.2. The molecule has 3 fully saturated rings. The van der Waals surface area contributed by atoms with E-state index in [0.29, 0.717) is 17.3 Å². The molecule has 4 aliphatic carbocycles. The van der Waals surface area contributed by atoms with Gasteiger partial charge in [0.25, 0.3) is 0 Å². The molecule has 4 rings (SSSR count). The number of esters is 1. The molecule has 9 unspecified atom stereocenters. The summed E-state index contributed by atoms with van der Waals surface area (Å²) in [4.78, 5) is 12.8. The van der Waals surface area contributed by atoms with E-state index in [1.807, 2.05) is 0 Å². The Kier molecular flexibility index (Phi) is 14.0. The summed E-state index contributed by atoms with van der Waals surface area (Å²) >= 11 is 0. The van der Waals surface area contributed by atoms with Crippen LogP contribution in [0.15, 0.2) is 36.0 Å². The normalized spacial score (nSPS) is 34.4. The first-order valence-corrected chi connectivity index (χ1v) is 19.8.